The molecule has 1 heterocycles. The summed E-state index contributed by atoms with van der Waals surface area (Å²) in [4.78, 5) is 4.42. The standard InChI is InChI=1S/C22H29N3O4/c1-15-4-6-17(20(10-15)29-18-8-9-28-14-18)13-25-22(23)24-12-16-5-7-19(26-2)21(11-16)27-3/h4-7,10-11,18H,8-9,12-14H2,1-3H3,(H3,23,24,25). The Morgan fingerprint density at radius 2 is 1.97 bits per heavy atom. The average Bonchev–Trinajstić information content (AvgIpc) is 3.24. The van der Waals surface area contributed by atoms with Gasteiger partial charge in [0.1, 0.15) is 11.9 Å². The number of guanidine groups is 1. The van der Waals surface area contributed by atoms with Crippen LogP contribution < -0.4 is 25.3 Å². The molecule has 1 saturated heterocycles. The summed E-state index contributed by atoms with van der Waals surface area (Å²) in [7, 11) is 3.22. The highest BCUT2D eigenvalue weighted by atomic mass is 16.5. The molecule has 0 aromatic heterocycles. The van der Waals surface area contributed by atoms with E-state index in [9.17, 15) is 0 Å². The fourth-order valence-corrected chi connectivity index (χ4v) is 3.10. The second kappa shape index (κ2) is 10.0. The second-order valence-electron chi connectivity index (χ2n) is 6.96. The van der Waals surface area contributed by atoms with Gasteiger partial charge in [-0.1, -0.05) is 18.2 Å². The van der Waals surface area contributed by atoms with Crippen LogP contribution >= 0.6 is 0 Å². The molecular formula is C22H29N3O4. The zero-order chi connectivity index (χ0) is 20.6. The van der Waals surface area contributed by atoms with Crippen LogP contribution in [-0.2, 0) is 17.8 Å². The second-order valence-corrected chi connectivity index (χ2v) is 6.96. The third kappa shape index (κ3) is 5.77. The molecule has 0 saturated carbocycles. The predicted molar refractivity (Wildman–Crippen MR) is 113 cm³/mol. The first kappa shape index (κ1) is 20.8. The SMILES string of the molecule is COc1ccc(CN=C(N)NCc2ccc(C)cc2OC2CCOC2)cc1OC. The van der Waals surface area contributed by atoms with Crippen LogP contribution in [0, 0.1) is 6.92 Å². The molecule has 29 heavy (non-hydrogen) atoms. The van der Waals surface area contributed by atoms with Gasteiger partial charge in [-0.05, 0) is 36.2 Å². The van der Waals surface area contributed by atoms with E-state index in [0.717, 1.165) is 35.5 Å². The van der Waals surface area contributed by atoms with Gasteiger partial charge < -0.3 is 30.0 Å². The van der Waals surface area contributed by atoms with Crippen molar-refractivity contribution in [3.63, 3.8) is 0 Å². The highest BCUT2D eigenvalue weighted by molar-refractivity contribution is 5.77. The fourth-order valence-electron chi connectivity index (χ4n) is 3.10. The first-order chi connectivity index (χ1) is 14.1. The summed E-state index contributed by atoms with van der Waals surface area (Å²) in [5.41, 5.74) is 9.23. The largest absolute Gasteiger partial charge is 0.493 e. The summed E-state index contributed by atoms with van der Waals surface area (Å²) in [5.74, 6) is 2.59. The number of methoxy groups -OCH3 is 2. The topological polar surface area (TPSA) is 87.3 Å². The number of hydrogen-bond acceptors (Lipinski definition) is 5. The van der Waals surface area contributed by atoms with Crippen molar-refractivity contribution < 1.29 is 18.9 Å². The summed E-state index contributed by atoms with van der Waals surface area (Å²) in [6.45, 7) is 4.41. The summed E-state index contributed by atoms with van der Waals surface area (Å²) in [5, 5.41) is 3.17. The minimum atomic E-state index is 0.103. The Balaban J connectivity index is 1.60. The van der Waals surface area contributed by atoms with Gasteiger partial charge in [0.05, 0.1) is 34.0 Å². The maximum Gasteiger partial charge on any atom is 0.189 e. The van der Waals surface area contributed by atoms with Gasteiger partial charge in [0.2, 0.25) is 0 Å². The van der Waals surface area contributed by atoms with Crippen LogP contribution in [-0.4, -0.2) is 39.5 Å². The van der Waals surface area contributed by atoms with E-state index in [1.54, 1.807) is 14.2 Å². The third-order valence-electron chi connectivity index (χ3n) is 4.74. The number of nitrogens with zero attached hydrogens (tertiary/aromatic N) is 1. The normalized spacial score (nSPS) is 16.5. The molecule has 1 atom stereocenters. The molecule has 0 spiro atoms. The molecule has 2 aromatic rings. The smallest absolute Gasteiger partial charge is 0.189 e. The quantitative estimate of drug-likeness (QED) is 0.524. The molecule has 0 aliphatic carbocycles. The number of nitrogens with one attached hydrogen (secondary N) is 1. The lowest BCUT2D eigenvalue weighted by Crippen LogP contribution is -2.31. The number of rotatable bonds is 8. The summed E-state index contributed by atoms with van der Waals surface area (Å²) in [6.07, 6.45) is 1.02. The Morgan fingerprint density at radius 3 is 2.69 bits per heavy atom. The van der Waals surface area contributed by atoms with Gasteiger partial charge in [-0.25, -0.2) is 4.99 Å². The number of ether oxygens (including phenoxy) is 4. The van der Waals surface area contributed by atoms with E-state index < -0.39 is 0 Å². The van der Waals surface area contributed by atoms with E-state index in [-0.39, 0.29) is 6.10 Å². The first-order valence-corrected chi connectivity index (χ1v) is 9.67. The lowest BCUT2D eigenvalue weighted by Gasteiger charge is -2.17. The van der Waals surface area contributed by atoms with Crippen LogP contribution in [0.5, 0.6) is 17.2 Å². The van der Waals surface area contributed by atoms with Gasteiger partial charge in [0.15, 0.2) is 17.5 Å². The summed E-state index contributed by atoms with van der Waals surface area (Å²) >= 11 is 0. The number of nitrogens with two attached hydrogens (primary N) is 1. The molecular weight excluding hydrogens is 370 g/mol. The van der Waals surface area contributed by atoms with Crippen molar-refractivity contribution in [2.75, 3.05) is 27.4 Å². The van der Waals surface area contributed by atoms with Crippen LogP contribution in [0.25, 0.3) is 0 Å². The third-order valence-corrected chi connectivity index (χ3v) is 4.74. The highest BCUT2D eigenvalue weighted by Gasteiger charge is 2.18. The lowest BCUT2D eigenvalue weighted by molar-refractivity contribution is 0.140. The molecule has 1 unspecified atom stereocenters. The van der Waals surface area contributed by atoms with Crippen molar-refractivity contribution in [3.8, 4) is 17.2 Å². The Bertz CT molecular complexity index is 848. The van der Waals surface area contributed by atoms with Crippen LogP contribution in [0.15, 0.2) is 41.4 Å². The molecule has 0 radical (unpaired) electrons. The van der Waals surface area contributed by atoms with Crippen LogP contribution in [0.4, 0.5) is 0 Å². The van der Waals surface area contributed by atoms with Crippen molar-refractivity contribution in [3.05, 3.63) is 53.1 Å². The van der Waals surface area contributed by atoms with Crippen LogP contribution in [0.1, 0.15) is 23.1 Å². The lowest BCUT2D eigenvalue weighted by atomic mass is 10.1. The summed E-state index contributed by atoms with van der Waals surface area (Å²) in [6, 6.07) is 11.8. The summed E-state index contributed by atoms with van der Waals surface area (Å²) < 4.78 is 22.1. The fraction of sp³-hybridized carbons (Fsp3) is 0.409. The van der Waals surface area contributed by atoms with E-state index in [1.807, 2.05) is 31.2 Å². The van der Waals surface area contributed by atoms with Crippen molar-refractivity contribution in [1.29, 1.82) is 0 Å². The molecule has 3 rings (SSSR count). The Labute approximate surface area is 171 Å². The van der Waals surface area contributed by atoms with Gasteiger partial charge in [-0.3, -0.25) is 0 Å². The van der Waals surface area contributed by atoms with E-state index >= 15 is 0 Å². The molecule has 1 aliphatic rings. The van der Waals surface area contributed by atoms with Gasteiger partial charge in [-0.15, -0.1) is 0 Å². The number of aryl methyl sites for hydroxylation is 1. The molecule has 0 bridgehead atoms. The van der Waals surface area contributed by atoms with Crippen molar-refractivity contribution in [2.45, 2.75) is 32.5 Å². The van der Waals surface area contributed by atoms with Crippen molar-refractivity contribution in [2.24, 2.45) is 10.7 Å². The first-order valence-electron chi connectivity index (χ1n) is 9.67. The van der Waals surface area contributed by atoms with E-state index in [4.69, 9.17) is 24.7 Å². The zero-order valence-corrected chi connectivity index (χ0v) is 17.2. The minimum absolute atomic E-state index is 0.103. The Hall–Kier alpha value is -2.93. The Morgan fingerprint density at radius 1 is 1.14 bits per heavy atom. The van der Waals surface area contributed by atoms with E-state index in [2.05, 4.69) is 22.4 Å². The average molecular weight is 399 g/mol. The Kier molecular flexibility index (Phi) is 7.19. The maximum absolute atomic E-state index is 6.12. The van der Waals surface area contributed by atoms with Gasteiger partial charge >= 0.3 is 0 Å². The number of aliphatic imine (C=N–C) groups is 1. The van der Waals surface area contributed by atoms with E-state index in [1.165, 1.54) is 0 Å². The highest BCUT2D eigenvalue weighted by Crippen LogP contribution is 2.28. The molecule has 2 aromatic carbocycles. The number of hydrogen-bond donors (Lipinski definition) is 2. The van der Waals surface area contributed by atoms with Gasteiger partial charge in [0.25, 0.3) is 0 Å². The number of benzene rings is 2. The molecule has 156 valence electrons. The molecule has 7 heteroatoms. The predicted octanol–water partition coefficient (Wildman–Crippen LogP) is 2.78. The maximum atomic E-state index is 6.12. The molecule has 0 amide bonds. The molecule has 7 nitrogen and oxygen atoms in total. The minimum Gasteiger partial charge on any atom is -0.493 e. The van der Waals surface area contributed by atoms with Gasteiger partial charge in [0, 0.05) is 18.5 Å². The monoisotopic (exact) mass is 399 g/mol. The van der Waals surface area contributed by atoms with Gasteiger partial charge in [-0.2, -0.15) is 0 Å². The molecule has 3 N–H and O–H groups in total. The zero-order valence-electron chi connectivity index (χ0n) is 17.2. The molecule has 1 aliphatic heterocycles. The van der Waals surface area contributed by atoms with Crippen molar-refractivity contribution >= 4 is 5.96 Å². The molecule has 1 fully saturated rings. The van der Waals surface area contributed by atoms with Crippen molar-refractivity contribution in [1.82, 2.24) is 5.32 Å². The van der Waals surface area contributed by atoms with Crippen LogP contribution in [0.3, 0.4) is 0 Å². The van der Waals surface area contributed by atoms with E-state index in [0.29, 0.717) is 37.2 Å². The van der Waals surface area contributed by atoms with Crippen LogP contribution in [0.2, 0.25) is 0 Å².